The number of nitrogens with zero attached hydrogens (tertiary/aromatic N) is 4. The van der Waals surface area contributed by atoms with Gasteiger partial charge >= 0.3 is 0 Å². The van der Waals surface area contributed by atoms with Crippen LogP contribution in [0.1, 0.15) is 17.2 Å². The predicted molar refractivity (Wildman–Crippen MR) is 112 cm³/mol. The van der Waals surface area contributed by atoms with Gasteiger partial charge in [0.1, 0.15) is 5.82 Å². The Morgan fingerprint density at radius 3 is 2.57 bits per heavy atom. The van der Waals surface area contributed by atoms with Crippen LogP contribution in [-0.4, -0.2) is 51.0 Å². The van der Waals surface area contributed by atoms with Gasteiger partial charge in [0, 0.05) is 42.3 Å². The van der Waals surface area contributed by atoms with Gasteiger partial charge in [-0.1, -0.05) is 24.3 Å². The van der Waals surface area contributed by atoms with Crippen molar-refractivity contribution in [1.29, 1.82) is 0 Å². The minimum atomic E-state index is -0.265. The minimum absolute atomic E-state index is 0.0564. The van der Waals surface area contributed by atoms with Crippen LogP contribution >= 0.6 is 0 Å². The van der Waals surface area contributed by atoms with Crippen molar-refractivity contribution >= 4 is 0 Å². The quantitative estimate of drug-likeness (QED) is 0.550. The molecular weight excluding hydrogens is 381 g/mol. The maximum absolute atomic E-state index is 14.6. The molecule has 1 aliphatic rings. The summed E-state index contributed by atoms with van der Waals surface area (Å²) in [6, 6.07) is 15.1. The van der Waals surface area contributed by atoms with E-state index in [4.69, 9.17) is 4.74 Å². The highest BCUT2D eigenvalue weighted by molar-refractivity contribution is 5.65. The van der Waals surface area contributed by atoms with Crippen molar-refractivity contribution in [3.05, 3.63) is 90.4 Å². The summed E-state index contributed by atoms with van der Waals surface area (Å²) in [5.74, 6) is -0.265. The molecule has 0 spiro atoms. The lowest BCUT2D eigenvalue weighted by molar-refractivity contribution is 0.0240. The number of H-pyrrole nitrogens is 1. The first-order chi connectivity index (χ1) is 14.8. The molecule has 4 aromatic rings. The highest BCUT2D eigenvalue weighted by Crippen LogP contribution is 2.36. The fourth-order valence-electron chi connectivity index (χ4n) is 4.05. The summed E-state index contributed by atoms with van der Waals surface area (Å²) in [6.07, 6.45) is 7.27. The van der Waals surface area contributed by atoms with Gasteiger partial charge in [-0.15, -0.1) is 0 Å². The number of rotatable bonds is 5. The van der Waals surface area contributed by atoms with Crippen LogP contribution in [0.3, 0.4) is 0 Å². The molecule has 0 amide bonds. The van der Waals surface area contributed by atoms with Crippen LogP contribution in [0.5, 0.6) is 0 Å². The molecule has 6 nitrogen and oxygen atoms in total. The highest BCUT2D eigenvalue weighted by Gasteiger charge is 2.28. The van der Waals surface area contributed by atoms with Gasteiger partial charge in [-0.2, -0.15) is 5.10 Å². The van der Waals surface area contributed by atoms with Gasteiger partial charge in [-0.3, -0.25) is 10.00 Å². The second kappa shape index (κ2) is 8.22. The van der Waals surface area contributed by atoms with E-state index in [0.717, 1.165) is 29.9 Å². The molecule has 152 valence electrons. The third-order valence-electron chi connectivity index (χ3n) is 5.53. The van der Waals surface area contributed by atoms with E-state index in [-0.39, 0.29) is 11.9 Å². The van der Waals surface area contributed by atoms with Crippen molar-refractivity contribution in [3.63, 3.8) is 0 Å². The number of hydrogen-bond acceptors (Lipinski definition) is 4. The number of imidazole rings is 1. The summed E-state index contributed by atoms with van der Waals surface area (Å²) in [7, 11) is 0. The Labute approximate surface area is 173 Å². The first kappa shape index (κ1) is 18.7. The first-order valence-corrected chi connectivity index (χ1v) is 9.99. The number of ether oxygens (including phenoxy) is 1. The van der Waals surface area contributed by atoms with Crippen LogP contribution < -0.4 is 0 Å². The first-order valence-electron chi connectivity index (χ1n) is 9.99. The largest absolute Gasteiger partial charge is 0.379 e. The SMILES string of the molecule is Fc1ccccc1-c1[nH]ncc1C(c1ccc(-n2ccnc2)cc1)N1CCOCC1. The maximum atomic E-state index is 14.6. The Bertz CT molecular complexity index is 1100. The van der Waals surface area contributed by atoms with E-state index in [1.165, 1.54) is 6.07 Å². The molecule has 0 radical (unpaired) electrons. The number of hydrogen-bond donors (Lipinski definition) is 1. The molecule has 2 aromatic heterocycles. The van der Waals surface area contributed by atoms with Crippen LogP contribution in [0.25, 0.3) is 16.9 Å². The predicted octanol–water partition coefficient (Wildman–Crippen LogP) is 3.82. The van der Waals surface area contributed by atoms with Gasteiger partial charge < -0.3 is 9.30 Å². The molecule has 1 unspecified atom stereocenters. The Balaban J connectivity index is 1.57. The van der Waals surface area contributed by atoms with Crippen molar-refractivity contribution in [1.82, 2.24) is 24.6 Å². The smallest absolute Gasteiger partial charge is 0.132 e. The molecule has 0 saturated carbocycles. The zero-order valence-corrected chi connectivity index (χ0v) is 16.4. The van der Waals surface area contributed by atoms with E-state index >= 15 is 0 Å². The monoisotopic (exact) mass is 403 g/mol. The summed E-state index contributed by atoms with van der Waals surface area (Å²) in [6.45, 7) is 2.96. The second-order valence-corrected chi connectivity index (χ2v) is 7.29. The summed E-state index contributed by atoms with van der Waals surface area (Å²) in [5, 5.41) is 7.30. The molecule has 1 N–H and O–H groups in total. The molecule has 30 heavy (non-hydrogen) atoms. The third kappa shape index (κ3) is 3.53. The van der Waals surface area contributed by atoms with Gasteiger partial charge in [-0.05, 0) is 29.8 Å². The van der Waals surface area contributed by atoms with Crippen molar-refractivity contribution in [2.45, 2.75) is 6.04 Å². The molecule has 0 bridgehead atoms. The van der Waals surface area contributed by atoms with Gasteiger partial charge in [0.25, 0.3) is 0 Å². The Hall–Kier alpha value is -3.29. The van der Waals surface area contributed by atoms with Crippen LogP contribution in [0.4, 0.5) is 4.39 Å². The zero-order chi connectivity index (χ0) is 20.3. The molecule has 0 aliphatic carbocycles. The number of morpholine rings is 1. The Morgan fingerprint density at radius 1 is 1.03 bits per heavy atom. The van der Waals surface area contributed by atoms with Gasteiger partial charge in [0.15, 0.2) is 0 Å². The normalized spacial score (nSPS) is 15.9. The van der Waals surface area contributed by atoms with Gasteiger partial charge in [0.2, 0.25) is 0 Å². The Morgan fingerprint density at radius 2 is 1.83 bits per heavy atom. The molecule has 7 heteroatoms. The van der Waals surface area contributed by atoms with E-state index < -0.39 is 0 Å². The topological polar surface area (TPSA) is 59.0 Å². The number of aromatic amines is 1. The number of nitrogens with one attached hydrogen (secondary N) is 1. The lowest BCUT2D eigenvalue weighted by Gasteiger charge is -2.35. The molecule has 2 aromatic carbocycles. The van der Waals surface area contributed by atoms with E-state index in [9.17, 15) is 4.39 Å². The van der Waals surface area contributed by atoms with E-state index in [0.29, 0.717) is 24.5 Å². The van der Waals surface area contributed by atoms with Crippen LogP contribution in [0, 0.1) is 5.82 Å². The van der Waals surface area contributed by atoms with Crippen LogP contribution in [0.2, 0.25) is 0 Å². The number of aromatic nitrogens is 4. The lowest BCUT2D eigenvalue weighted by Crippen LogP contribution is -2.39. The second-order valence-electron chi connectivity index (χ2n) is 7.29. The molecule has 1 atom stereocenters. The van der Waals surface area contributed by atoms with Gasteiger partial charge in [-0.25, -0.2) is 9.37 Å². The lowest BCUT2D eigenvalue weighted by atomic mass is 9.94. The van der Waals surface area contributed by atoms with Crippen molar-refractivity contribution in [3.8, 4) is 16.9 Å². The average molecular weight is 403 g/mol. The summed E-state index contributed by atoms with van der Waals surface area (Å²) in [4.78, 5) is 6.48. The van der Waals surface area contributed by atoms with Crippen molar-refractivity contribution in [2.75, 3.05) is 26.3 Å². The highest BCUT2D eigenvalue weighted by atomic mass is 19.1. The van der Waals surface area contributed by atoms with E-state index in [1.807, 2.05) is 23.0 Å². The molecule has 5 rings (SSSR count). The van der Waals surface area contributed by atoms with E-state index in [1.54, 1.807) is 24.7 Å². The summed E-state index contributed by atoms with van der Waals surface area (Å²) in [5.41, 5.74) is 4.36. The molecule has 3 heterocycles. The maximum Gasteiger partial charge on any atom is 0.132 e. The fourth-order valence-corrected chi connectivity index (χ4v) is 4.05. The van der Waals surface area contributed by atoms with Crippen LogP contribution in [0.15, 0.2) is 73.4 Å². The summed E-state index contributed by atoms with van der Waals surface area (Å²) >= 11 is 0. The van der Waals surface area contributed by atoms with Crippen molar-refractivity contribution < 1.29 is 9.13 Å². The molecular formula is C23H22FN5O. The number of benzene rings is 2. The molecule has 1 fully saturated rings. The fraction of sp³-hybridized carbons (Fsp3) is 0.217. The number of halogens is 1. The molecule has 1 saturated heterocycles. The molecule has 1 aliphatic heterocycles. The third-order valence-corrected chi connectivity index (χ3v) is 5.53. The van der Waals surface area contributed by atoms with Gasteiger partial charge in [0.05, 0.1) is 37.5 Å². The van der Waals surface area contributed by atoms with Crippen molar-refractivity contribution in [2.24, 2.45) is 0 Å². The van der Waals surface area contributed by atoms with E-state index in [2.05, 4.69) is 44.3 Å². The minimum Gasteiger partial charge on any atom is -0.379 e. The Kier molecular flexibility index (Phi) is 5.13. The summed E-state index contributed by atoms with van der Waals surface area (Å²) < 4.78 is 22.1. The zero-order valence-electron chi connectivity index (χ0n) is 16.4. The average Bonchev–Trinajstić information content (AvgIpc) is 3.49. The van der Waals surface area contributed by atoms with Crippen LogP contribution in [-0.2, 0) is 4.74 Å². The standard InChI is InChI=1S/C23H22FN5O/c24-21-4-2-1-3-19(21)22-20(15-26-27-22)23(28-11-13-30-14-12-28)17-5-7-18(8-6-17)29-10-9-25-16-29/h1-10,15-16,23H,11-14H2,(H,26,27).